The Bertz CT molecular complexity index is 1020. The van der Waals surface area contributed by atoms with Gasteiger partial charge in [-0.3, -0.25) is 9.48 Å². The number of hydrogen-bond donors (Lipinski definition) is 1. The third-order valence-corrected chi connectivity index (χ3v) is 4.59. The summed E-state index contributed by atoms with van der Waals surface area (Å²) in [5.74, 6) is -0.970. The summed E-state index contributed by atoms with van der Waals surface area (Å²) >= 11 is 0. The molecule has 3 rings (SSSR count). The first-order valence-electron chi connectivity index (χ1n) is 8.91. The Morgan fingerprint density at radius 1 is 1.11 bits per heavy atom. The number of carbonyl (C=O) groups excluding carboxylic acids is 2. The largest absolute Gasteiger partial charge is 0.449 e. The van der Waals surface area contributed by atoms with E-state index in [9.17, 15) is 9.59 Å². The van der Waals surface area contributed by atoms with Gasteiger partial charge in [-0.25, -0.2) is 9.48 Å². The van der Waals surface area contributed by atoms with Crippen molar-refractivity contribution in [3.8, 4) is 5.69 Å². The third kappa shape index (κ3) is 3.80. The number of esters is 1. The van der Waals surface area contributed by atoms with E-state index in [1.807, 2.05) is 26.8 Å². The fourth-order valence-electron chi connectivity index (χ4n) is 2.84. The van der Waals surface area contributed by atoms with Crippen molar-refractivity contribution in [3.05, 3.63) is 59.2 Å². The topological polar surface area (TPSA) is 91.0 Å². The number of hydrogen-bond acceptors (Lipinski definition) is 5. The number of amides is 1. The van der Waals surface area contributed by atoms with Gasteiger partial charge in [-0.2, -0.15) is 10.2 Å². The lowest BCUT2D eigenvalue weighted by Gasteiger charge is -2.14. The summed E-state index contributed by atoms with van der Waals surface area (Å²) in [5, 5.41) is 11.3. The summed E-state index contributed by atoms with van der Waals surface area (Å²) < 4.78 is 8.76. The third-order valence-electron chi connectivity index (χ3n) is 4.59. The minimum Gasteiger partial charge on any atom is -0.449 e. The molecule has 2 aromatic heterocycles. The van der Waals surface area contributed by atoms with E-state index in [2.05, 4.69) is 15.5 Å². The van der Waals surface area contributed by atoms with Gasteiger partial charge >= 0.3 is 5.97 Å². The van der Waals surface area contributed by atoms with Gasteiger partial charge in [0, 0.05) is 18.9 Å². The predicted molar refractivity (Wildman–Crippen MR) is 104 cm³/mol. The predicted octanol–water partition coefficient (Wildman–Crippen LogP) is 2.72. The van der Waals surface area contributed by atoms with Crippen LogP contribution in [0.25, 0.3) is 5.69 Å². The van der Waals surface area contributed by atoms with Gasteiger partial charge < -0.3 is 10.1 Å². The van der Waals surface area contributed by atoms with E-state index >= 15 is 0 Å². The highest BCUT2D eigenvalue weighted by molar-refractivity contribution is 5.98. The number of anilines is 1. The van der Waals surface area contributed by atoms with Crippen molar-refractivity contribution in [2.24, 2.45) is 7.05 Å². The van der Waals surface area contributed by atoms with Crippen LogP contribution >= 0.6 is 0 Å². The zero-order valence-corrected chi connectivity index (χ0v) is 16.6. The summed E-state index contributed by atoms with van der Waals surface area (Å²) in [4.78, 5) is 24.8. The molecule has 0 unspecified atom stereocenters. The van der Waals surface area contributed by atoms with E-state index in [-0.39, 0.29) is 0 Å². The second kappa shape index (κ2) is 7.67. The molecule has 8 nitrogen and oxygen atoms in total. The lowest BCUT2D eigenvalue weighted by molar-refractivity contribution is -0.123. The van der Waals surface area contributed by atoms with Crippen LogP contribution in [0.4, 0.5) is 5.69 Å². The zero-order chi connectivity index (χ0) is 20.4. The van der Waals surface area contributed by atoms with Crippen molar-refractivity contribution in [2.75, 3.05) is 5.32 Å². The molecule has 1 amide bonds. The van der Waals surface area contributed by atoms with Gasteiger partial charge in [0.2, 0.25) is 0 Å². The first-order chi connectivity index (χ1) is 13.3. The Morgan fingerprint density at radius 2 is 1.79 bits per heavy atom. The Hall–Kier alpha value is -3.42. The van der Waals surface area contributed by atoms with E-state index < -0.39 is 18.0 Å². The molecule has 1 aromatic carbocycles. The molecule has 0 spiro atoms. The zero-order valence-electron chi connectivity index (χ0n) is 16.6. The molecule has 8 heteroatoms. The molecule has 0 saturated heterocycles. The summed E-state index contributed by atoms with van der Waals surface area (Å²) in [5.41, 5.74) is 4.36. The highest BCUT2D eigenvalue weighted by atomic mass is 16.5. The van der Waals surface area contributed by atoms with E-state index in [0.29, 0.717) is 16.9 Å². The Kier molecular flexibility index (Phi) is 5.30. The highest BCUT2D eigenvalue weighted by Gasteiger charge is 2.21. The molecule has 28 heavy (non-hydrogen) atoms. The van der Waals surface area contributed by atoms with E-state index in [4.69, 9.17) is 4.74 Å². The van der Waals surface area contributed by atoms with Gasteiger partial charge in [0.05, 0.1) is 28.3 Å². The normalized spacial score (nSPS) is 11.9. The molecular weight excluding hydrogens is 358 g/mol. The van der Waals surface area contributed by atoms with Gasteiger partial charge in [-0.1, -0.05) is 0 Å². The number of carbonyl (C=O) groups is 2. The van der Waals surface area contributed by atoms with Crippen LogP contribution < -0.4 is 5.32 Å². The Morgan fingerprint density at radius 3 is 2.32 bits per heavy atom. The summed E-state index contributed by atoms with van der Waals surface area (Å²) in [6, 6.07) is 8.76. The van der Waals surface area contributed by atoms with Crippen LogP contribution in [0.2, 0.25) is 0 Å². The van der Waals surface area contributed by atoms with Gasteiger partial charge in [-0.15, -0.1) is 0 Å². The SMILES string of the molecule is Cc1nn(C)c(C)c1NC(=O)[C@@H](C)OC(=O)c1ccc(-n2nccc2C)cc1. The van der Waals surface area contributed by atoms with Crippen molar-refractivity contribution >= 4 is 17.6 Å². The number of nitrogens with one attached hydrogen (secondary N) is 1. The summed E-state index contributed by atoms with van der Waals surface area (Å²) in [6.07, 6.45) is 0.767. The molecule has 0 fully saturated rings. The van der Waals surface area contributed by atoms with Crippen LogP contribution in [0.1, 0.15) is 34.4 Å². The van der Waals surface area contributed by atoms with Gasteiger partial charge in [-0.05, 0) is 58.0 Å². The molecule has 1 N–H and O–H groups in total. The molecule has 146 valence electrons. The second-order valence-corrected chi connectivity index (χ2v) is 6.64. The minimum atomic E-state index is -0.945. The number of rotatable bonds is 5. The first-order valence-corrected chi connectivity index (χ1v) is 8.91. The number of nitrogens with zero attached hydrogens (tertiary/aromatic N) is 4. The standard InChI is InChI=1S/C20H23N5O3/c1-12-10-11-21-25(12)17-8-6-16(7-9-17)20(27)28-15(4)19(26)22-18-13(2)23-24(5)14(18)3/h6-11,15H,1-5H3,(H,22,26)/t15-/m1/s1. The number of aryl methyl sites for hydroxylation is 3. The number of benzene rings is 1. The van der Waals surface area contributed by atoms with Crippen LogP contribution in [0.3, 0.4) is 0 Å². The maximum Gasteiger partial charge on any atom is 0.338 e. The van der Waals surface area contributed by atoms with Crippen LogP contribution in [0.5, 0.6) is 0 Å². The molecule has 2 heterocycles. The molecule has 0 aliphatic rings. The lowest BCUT2D eigenvalue weighted by Crippen LogP contribution is -2.30. The smallest absolute Gasteiger partial charge is 0.338 e. The fourth-order valence-corrected chi connectivity index (χ4v) is 2.84. The van der Waals surface area contributed by atoms with E-state index in [0.717, 1.165) is 17.1 Å². The average Bonchev–Trinajstić information content (AvgIpc) is 3.20. The molecule has 0 bridgehead atoms. The first kappa shape index (κ1) is 19.3. The van der Waals surface area contributed by atoms with E-state index in [1.54, 1.807) is 46.9 Å². The van der Waals surface area contributed by atoms with Crippen LogP contribution in [0.15, 0.2) is 36.5 Å². The minimum absolute atomic E-state index is 0.363. The van der Waals surface area contributed by atoms with Crippen molar-refractivity contribution < 1.29 is 14.3 Å². The lowest BCUT2D eigenvalue weighted by atomic mass is 10.2. The Labute approximate surface area is 163 Å². The van der Waals surface area contributed by atoms with Crippen LogP contribution in [-0.4, -0.2) is 37.5 Å². The molecule has 1 atom stereocenters. The number of ether oxygens (including phenoxy) is 1. The highest BCUT2D eigenvalue weighted by Crippen LogP contribution is 2.19. The van der Waals surface area contributed by atoms with Gasteiger partial charge in [0.15, 0.2) is 6.10 Å². The molecule has 0 saturated carbocycles. The average molecular weight is 381 g/mol. The van der Waals surface area contributed by atoms with Crippen LogP contribution in [0, 0.1) is 20.8 Å². The van der Waals surface area contributed by atoms with Crippen molar-refractivity contribution in [3.63, 3.8) is 0 Å². The van der Waals surface area contributed by atoms with Crippen molar-refractivity contribution in [1.29, 1.82) is 0 Å². The quantitative estimate of drug-likeness (QED) is 0.686. The van der Waals surface area contributed by atoms with E-state index in [1.165, 1.54) is 6.92 Å². The molecule has 0 aliphatic carbocycles. The molecule has 3 aromatic rings. The van der Waals surface area contributed by atoms with Crippen LogP contribution in [-0.2, 0) is 16.6 Å². The molecule has 0 aliphatic heterocycles. The molecule has 0 radical (unpaired) electrons. The molecular formula is C20H23N5O3. The van der Waals surface area contributed by atoms with Gasteiger partial charge in [0.25, 0.3) is 5.91 Å². The maximum atomic E-state index is 12.4. The maximum absolute atomic E-state index is 12.4. The summed E-state index contributed by atoms with van der Waals surface area (Å²) in [6.45, 7) is 7.15. The monoisotopic (exact) mass is 381 g/mol. The van der Waals surface area contributed by atoms with Crippen molar-refractivity contribution in [2.45, 2.75) is 33.8 Å². The Balaban J connectivity index is 1.65. The second-order valence-electron chi connectivity index (χ2n) is 6.64. The fraction of sp³-hybridized carbons (Fsp3) is 0.300. The van der Waals surface area contributed by atoms with Gasteiger partial charge in [0.1, 0.15) is 0 Å². The van der Waals surface area contributed by atoms with Crippen molar-refractivity contribution in [1.82, 2.24) is 19.6 Å². The number of aromatic nitrogens is 4. The summed E-state index contributed by atoms with van der Waals surface area (Å²) in [7, 11) is 1.80.